The van der Waals surface area contributed by atoms with Crippen molar-refractivity contribution in [2.75, 3.05) is 7.11 Å². The topological polar surface area (TPSA) is 35.5 Å². The Kier molecular flexibility index (Phi) is 5.27. The molecule has 0 unspecified atom stereocenters. The average Bonchev–Trinajstić information content (AvgIpc) is 2.61. The van der Waals surface area contributed by atoms with Crippen LogP contribution in [-0.2, 0) is 0 Å². The van der Waals surface area contributed by atoms with Crippen molar-refractivity contribution in [1.82, 2.24) is 0 Å². The van der Waals surface area contributed by atoms with Crippen LogP contribution in [0.5, 0.6) is 17.2 Å². The minimum atomic E-state index is -0.159. The molecule has 3 nitrogen and oxygen atoms in total. The molecule has 0 saturated heterocycles. The normalized spacial score (nSPS) is 10.4. The second kappa shape index (κ2) is 7.60. The van der Waals surface area contributed by atoms with Gasteiger partial charge in [0.2, 0.25) is 0 Å². The number of ether oxygens (including phenoxy) is 2. The Morgan fingerprint density at radius 2 is 1.40 bits per heavy atom. The number of rotatable bonds is 5. The molecule has 0 radical (unpaired) electrons. The number of hydrogen-bond acceptors (Lipinski definition) is 3. The van der Waals surface area contributed by atoms with E-state index in [1.807, 2.05) is 24.3 Å². The zero-order valence-corrected chi connectivity index (χ0v) is 14.8. The van der Waals surface area contributed by atoms with E-state index in [9.17, 15) is 4.79 Å². The van der Waals surface area contributed by atoms with Crippen LogP contribution in [0.25, 0.3) is 0 Å². The van der Waals surface area contributed by atoms with Crippen molar-refractivity contribution in [3.8, 4) is 17.2 Å². The number of halogens is 2. The highest BCUT2D eigenvalue weighted by molar-refractivity contribution is 6.35. The molecule has 0 atom stereocenters. The summed E-state index contributed by atoms with van der Waals surface area (Å²) >= 11 is 11.9. The van der Waals surface area contributed by atoms with E-state index in [0.717, 1.165) is 0 Å². The van der Waals surface area contributed by atoms with Crippen LogP contribution in [0.4, 0.5) is 0 Å². The van der Waals surface area contributed by atoms with Gasteiger partial charge in [-0.05, 0) is 54.6 Å². The summed E-state index contributed by atoms with van der Waals surface area (Å²) in [5.41, 5.74) is 0.960. The Hall–Kier alpha value is -2.49. The Bertz CT molecular complexity index is 885. The molecule has 0 N–H and O–H groups in total. The molecule has 3 aromatic rings. The molecule has 0 fully saturated rings. The highest BCUT2D eigenvalue weighted by Crippen LogP contribution is 2.31. The third kappa shape index (κ3) is 4.13. The number of hydrogen-bond donors (Lipinski definition) is 0. The lowest BCUT2D eigenvalue weighted by atomic mass is 10.0. The van der Waals surface area contributed by atoms with Crippen molar-refractivity contribution in [1.29, 1.82) is 0 Å². The molecule has 0 saturated carbocycles. The lowest BCUT2D eigenvalue weighted by Crippen LogP contribution is -2.01. The predicted octanol–water partition coefficient (Wildman–Crippen LogP) is 6.03. The fourth-order valence-corrected chi connectivity index (χ4v) is 2.88. The average molecular weight is 373 g/mol. The van der Waals surface area contributed by atoms with Gasteiger partial charge in [0.05, 0.1) is 7.11 Å². The highest BCUT2D eigenvalue weighted by atomic mass is 35.5. The molecular weight excluding hydrogens is 359 g/mol. The van der Waals surface area contributed by atoms with Gasteiger partial charge in [-0.25, -0.2) is 0 Å². The SMILES string of the molecule is COc1ccccc1Oc1ccc(C(=O)c2cc(Cl)cc(Cl)c2)cc1. The second-order valence-electron chi connectivity index (χ2n) is 5.26. The van der Waals surface area contributed by atoms with E-state index < -0.39 is 0 Å². The first kappa shape index (κ1) is 17.3. The van der Waals surface area contributed by atoms with Gasteiger partial charge in [-0.3, -0.25) is 4.79 Å². The molecule has 0 amide bonds. The van der Waals surface area contributed by atoms with Gasteiger partial charge >= 0.3 is 0 Å². The van der Waals surface area contributed by atoms with Gasteiger partial charge in [-0.2, -0.15) is 0 Å². The monoisotopic (exact) mass is 372 g/mol. The van der Waals surface area contributed by atoms with E-state index in [1.54, 1.807) is 49.6 Å². The van der Waals surface area contributed by atoms with E-state index in [2.05, 4.69) is 0 Å². The van der Waals surface area contributed by atoms with Gasteiger partial charge in [0, 0.05) is 21.2 Å². The third-order valence-corrected chi connectivity index (χ3v) is 3.97. The van der Waals surface area contributed by atoms with Crippen LogP contribution in [-0.4, -0.2) is 12.9 Å². The van der Waals surface area contributed by atoms with Gasteiger partial charge in [-0.15, -0.1) is 0 Å². The van der Waals surface area contributed by atoms with Crippen LogP contribution in [0.2, 0.25) is 10.0 Å². The minimum absolute atomic E-state index is 0.159. The van der Waals surface area contributed by atoms with Crippen LogP contribution in [0, 0.1) is 0 Å². The molecule has 5 heteroatoms. The summed E-state index contributed by atoms with van der Waals surface area (Å²) in [5, 5.41) is 0.846. The summed E-state index contributed by atoms with van der Waals surface area (Å²) in [5.74, 6) is 1.68. The first-order valence-electron chi connectivity index (χ1n) is 7.48. The van der Waals surface area contributed by atoms with Crippen LogP contribution < -0.4 is 9.47 Å². The smallest absolute Gasteiger partial charge is 0.193 e. The lowest BCUT2D eigenvalue weighted by Gasteiger charge is -2.10. The van der Waals surface area contributed by atoms with Crippen LogP contribution in [0.3, 0.4) is 0 Å². The molecule has 0 heterocycles. The summed E-state index contributed by atoms with van der Waals surface area (Å²) in [4.78, 5) is 12.5. The molecule has 0 aliphatic rings. The first-order chi connectivity index (χ1) is 12.1. The van der Waals surface area contributed by atoms with Crippen molar-refractivity contribution in [2.45, 2.75) is 0 Å². The number of ketones is 1. The molecule has 0 bridgehead atoms. The summed E-state index contributed by atoms with van der Waals surface area (Å²) in [7, 11) is 1.58. The molecular formula is C20H14Cl2O3. The summed E-state index contributed by atoms with van der Waals surface area (Å²) < 4.78 is 11.1. The van der Waals surface area contributed by atoms with Crippen molar-refractivity contribution in [3.05, 3.63) is 87.9 Å². The number of carbonyl (C=O) groups is 1. The molecule has 0 spiro atoms. The van der Waals surface area contributed by atoms with Crippen molar-refractivity contribution >= 4 is 29.0 Å². The van der Waals surface area contributed by atoms with Crippen LogP contribution >= 0.6 is 23.2 Å². The molecule has 0 aromatic heterocycles. The van der Waals surface area contributed by atoms with E-state index in [-0.39, 0.29) is 5.78 Å². The lowest BCUT2D eigenvalue weighted by molar-refractivity contribution is 0.103. The van der Waals surface area contributed by atoms with E-state index in [0.29, 0.717) is 38.4 Å². The third-order valence-electron chi connectivity index (χ3n) is 3.54. The van der Waals surface area contributed by atoms with Gasteiger partial charge < -0.3 is 9.47 Å². The Labute approximate surface area is 155 Å². The largest absolute Gasteiger partial charge is 0.493 e. The quantitative estimate of drug-likeness (QED) is 0.513. The van der Waals surface area contributed by atoms with Gasteiger partial charge in [-0.1, -0.05) is 35.3 Å². The van der Waals surface area contributed by atoms with Crippen molar-refractivity contribution < 1.29 is 14.3 Å². The van der Waals surface area contributed by atoms with Crippen LogP contribution in [0.15, 0.2) is 66.7 Å². The molecule has 0 aliphatic carbocycles. The fraction of sp³-hybridized carbons (Fsp3) is 0.0500. The summed E-state index contributed by atoms with van der Waals surface area (Å²) in [6.45, 7) is 0. The first-order valence-corrected chi connectivity index (χ1v) is 8.24. The van der Waals surface area contributed by atoms with E-state index >= 15 is 0 Å². The molecule has 3 rings (SSSR count). The van der Waals surface area contributed by atoms with Gasteiger partial charge in [0.1, 0.15) is 5.75 Å². The standard InChI is InChI=1S/C20H14Cl2O3/c1-24-18-4-2-3-5-19(18)25-17-8-6-13(7-9-17)20(23)14-10-15(21)12-16(22)11-14/h2-12H,1H3. The number of para-hydroxylation sites is 2. The maximum Gasteiger partial charge on any atom is 0.193 e. The molecule has 0 aliphatic heterocycles. The van der Waals surface area contributed by atoms with Crippen LogP contribution in [0.1, 0.15) is 15.9 Å². The van der Waals surface area contributed by atoms with Crippen molar-refractivity contribution in [3.63, 3.8) is 0 Å². The molecule has 25 heavy (non-hydrogen) atoms. The van der Waals surface area contributed by atoms with E-state index in [1.165, 1.54) is 0 Å². The minimum Gasteiger partial charge on any atom is -0.493 e. The Morgan fingerprint density at radius 3 is 2.00 bits per heavy atom. The number of carbonyl (C=O) groups excluding carboxylic acids is 1. The van der Waals surface area contributed by atoms with E-state index in [4.69, 9.17) is 32.7 Å². The Balaban J connectivity index is 1.81. The molecule has 3 aromatic carbocycles. The summed E-state index contributed by atoms with van der Waals surface area (Å²) in [6, 6.07) is 19.0. The summed E-state index contributed by atoms with van der Waals surface area (Å²) in [6.07, 6.45) is 0. The zero-order chi connectivity index (χ0) is 17.8. The Morgan fingerprint density at radius 1 is 0.800 bits per heavy atom. The fourth-order valence-electron chi connectivity index (χ4n) is 2.36. The number of methoxy groups -OCH3 is 1. The predicted molar refractivity (Wildman–Crippen MR) is 99.4 cm³/mol. The maximum absolute atomic E-state index is 12.5. The zero-order valence-electron chi connectivity index (χ0n) is 13.3. The van der Waals surface area contributed by atoms with Gasteiger partial charge in [0.15, 0.2) is 17.3 Å². The maximum atomic E-state index is 12.5. The second-order valence-corrected chi connectivity index (χ2v) is 6.14. The van der Waals surface area contributed by atoms with Gasteiger partial charge in [0.25, 0.3) is 0 Å². The van der Waals surface area contributed by atoms with Crippen molar-refractivity contribution in [2.24, 2.45) is 0 Å². The highest BCUT2D eigenvalue weighted by Gasteiger charge is 2.12. The number of benzene rings is 3. The molecule has 126 valence electrons.